The molecule has 2 N–H and O–H groups in total. The Morgan fingerprint density at radius 3 is 2.95 bits per heavy atom. The molecule has 0 atom stereocenters. The van der Waals surface area contributed by atoms with E-state index < -0.39 is 0 Å². The molecule has 0 fully saturated rings. The van der Waals surface area contributed by atoms with Crippen molar-refractivity contribution in [3.63, 3.8) is 0 Å². The van der Waals surface area contributed by atoms with Crippen molar-refractivity contribution < 1.29 is 9.90 Å². The zero-order chi connectivity index (χ0) is 15.0. The molecule has 5 heteroatoms. The molecule has 110 valence electrons. The highest BCUT2D eigenvalue weighted by atomic mass is 32.1. The first kappa shape index (κ1) is 16.7. The molecule has 1 rings (SSSR count). The Morgan fingerprint density at radius 1 is 1.55 bits per heavy atom. The number of carbonyl (C=O) groups excluding carboxylic acids is 1. The average Bonchev–Trinajstić information content (AvgIpc) is 2.89. The van der Waals surface area contributed by atoms with E-state index in [0.29, 0.717) is 18.2 Å². The summed E-state index contributed by atoms with van der Waals surface area (Å²) < 4.78 is 0. The SMILES string of the molecule is CC(C)N(C)CCCNC(=O)c1csc(C#CCO)c1. The molecule has 1 aromatic rings. The Balaban J connectivity index is 2.34. The van der Waals surface area contributed by atoms with Crippen LogP contribution in [0.1, 0.15) is 35.5 Å². The van der Waals surface area contributed by atoms with E-state index in [-0.39, 0.29) is 12.5 Å². The summed E-state index contributed by atoms with van der Waals surface area (Å²) in [6.07, 6.45) is 0.932. The monoisotopic (exact) mass is 294 g/mol. The molecule has 0 aliphatic carbocycles. The molecule has 0 bridgehead atoms. The average molecular weight is 294 g/mol. The third kappa shape index (κ3) is 5.74. The Morgan fingerprint density at radius 2 is 2.30 bits per heavy atom. The summed E-state index contributed by atoms with van der Waals surface area (Å²) >= 11 is 1.41. The Bertz CT molecular complexity index is 486. The normalized spacial score (nSPS) is 10.5. The van der Waals surface area contributed by atoms with E-state index in [1.54, 1.807) is 11.4 Å². The van der Waals surface area contributed by atoms with E-state index in [1.807, 2.05) is 0 Å². The van der Waals surface area contributed by atoms with Crippen molar-refractivity contribution >= 4 is 17.2 Å². The van der Waals surface area contributed by atoms with Crippen molar-refractivity contribution in [1.29, 1.82) is 0 Å². The number of aliphatic hydroxyl groups excluding tert-OH is 1. The summed E-state index contributed by atoms with van der Waals surface area (Å²) in [5.74, 6) is 5.30. The smallest absolute Gasteiger partial charge is 0.252 e. The van der Waals surface area contributed by atoms with Gasteiger partial charge in [0.1, 0.15) is 6.61 Å². The van der Waals surface area contributed by atoms with Gasteiger partial charge in [-0.25, -0.2) is 0 Å². The van der Waals surface area contributed by atoms with E-state index >= 15 is 0 Å². The highest BCUT2D eigenvalue weighted by Gasteiger charge is 2.08. The standard InChI is InChI=1S/C15H22N2O2S/c1-12(2)17(3)8-5-7-16-15(19)13-10-14(20-11-13)6-4-9-18/h10-12,18H,5,7-9H2,1-3H3,(H,16,19). The molecule has 1 heterocycles. The fourth-order valence-corrected chi connectivity index (χ4v) is 2.29. The maximum absolute atomic E-state index is 11.9. The van der Waals surface area contributed by atoms with Crippen molar-refractivity contribution in [2.75, 3.05) is 26.7 Å². The van der Waals surface area contributed by atoms with Crippen LogP contribution >= 0.6 is 11.3 Å². The Labute approximate surface area is 124 Å². The first-order valence-corrected chi connectivity index (χ1v) is 7.59. The van der Waals surface area contributed by atoms with E-state index in [1.165, 1.54) is 11.3 Å². The fraction of sp³-hybridized carbons (Fsp3) is 0.533. The number of rotatable bonds is 6. The molecular formula is C15H22N2O2S. The van der Waals surface area contributed by atoms with Crippen LogP contribution in [0.2, 0.25) is 0 Å². The van der Waals surface area contributed by atoms with Gasteiger partial charge in [0.25, 0.3) is 5.91 Å². The molecule has 0 saturated carbocycles. The van der Waals surface area contributed by atoms with Gasteiger partial charge in [0, 0.05) is 18.0 Å². The summed E-state index contributed by atoms with van der Waals surface area (Å²) in [7, 11) is 2.08. The number of amides is 1. The molecule has 4 nitrogen and oxygen atoms in total. The van der Waals surface area contributed by atoms with Crippen LogP contribution in [-0.2, 0) is 0 Å². The first-order chi connectivity index (χ1) is 9.54. The van der Waals surface area contributed by atoms with Crippen LogP contribution in [-0.4, -0.2) is 48.7 Å². The third-order valence-electron chi connectivity index (χ3n) is 3.01. The van der Waals surface area contributed by atoms with Crippen LogP contribution in [0.15, 0.2) is 11.4 Å². The highest BCUT2D eigenvalue weighted by Crippen LogP contribution is 2.13. The predicted octanol–water partition coefficient (Wildman–Crippen LogP) is 1.55. The number of hydrogen-bond donors (Lipinski definition) is 2. The molecule has 0 aliphatic heterocycles. The lowest BCUT2D eigenvalue weighted by atomic mass is 10.2. The third-order valence-corrected chi connectivity index (χ3v) is 3.85. The topological polar surface area (TPSA) is 52.6 Å². The van der Waals surface area contributed by atoms with Gasteiger partial charge >= 0.3 is 0 Å². The van der Waals surface area contributed by atoms with Crippen LogP contribution in [0.4, 0.5) is 0 Å². The van der Waals surface area contributed by atoms with Crippen LogP contribution in [0, 0.1) is 11.8 Å². The van der Waals surface area contributed by atoms with Gasteiger partial charge in [0.05, 0.1) is 10.4 Å². The molecule has 0 aromatic carbocycles. The lowest BCUT2D eigenvalue weighted by Gasteiger charge is -2.20. The van der Waals surface area contributed by atoms with Crippen molar-refractivity contribution in [2.45, 2.75) is 26.3 Å². The lowest BCUT2D eigenvalue weighted by molar-refractivity contribution is 0.0952. The van der Waals surface area contributed by atoms with Gasteiger partial charge in [-0.15, -0.1) is 11.3 Å². The van der Waals surface area contributed by atoms with Gasteiger partial charge < -0.3 is 15.3 Å². The van der Waals surface area contributed by atoms with E-state index in [4.69, 9.17) is 5.11 Å². The maximum Gasteiger partial charge on any atom is 0.252 e. The Kier molecular flexibility index (Phi) is 7.31. The quantitative estimate of drug-likeness (QED) is 0.618. The second-order valence-electron chi connectivity index (χ2n) is 4.84. The summed E-state index contributed by atoms with van der Waals surface area (Å²) in [6.45, 7) is 5.78. The predicted molar refractivity (Wildman–Crippen MR) is 83.0 cm³/mol. The molecule has 1 aromatic heterocycles. The number of carbonyl (C=O) groups is 1. The van der Waals surface area contributed by atoms with Gasteiger partial charge in [-0.3, -0.25) is 4.79 Å². The molecule has 20 heavy (non-hydrogen) atoms. The molecule has 0 spiro atoms. The van der Waals surface area contributed by atoms with Gasteiger partial charge in [0.15, 0.2) is 0 Å². The van der Waals surface area contributed by atoms with Crippen molar-refractivity contribution in [3.05, 3.63) is 21.9 Å². The first-order valence-electron chi connectivity index (χ1n) is 6.71. The Hall–Kier alpha value is -1.35. The van der Waals surface area contributed by atoms with E-state index in [2.05, 4.69) is 43.0 Å². The molecule has 1 amide bonds. The van der Waals surface area contributed by atoms with Crippen LogP contribution < -0.4 is 5.32 Å². The number of thiophene rings is 1. The highest BCUT2D eigenvalue weighted by molar-refractivity contribution is 7.10. The minimum atomic E-state index is -0.164. The number of aliphatic hydroxyl groups is 1. The van der Waals surface area contributed by atoms with Crippen LogP contribution in [0.3, 0.4) is 0 Å². The minimum Gasteiger partial charge on any atom is -0.384 e. The van der Waals surface area contributed by atoms with Gasteiger partial charge in [-0.05, 0) is 39.9 Å². The second-order valence-corrected chi connectivity index (χ2v) is 5.75. The second kappa shape index (κ2) is 8.75. The largest absolute Gasteiger partial charge is 0.384 e. The summed E-state index contributed by atoms with van der Waals surface area (Å²) in [4.78, 5) is 14.9. The summed E-state index contributed by atoms with van der Waals surface area (Å²) in [5.41, 5.74) is 0.634. The maximum atomic E-state index is 11.9. The molecule has 0 radical (unpaired) electrons. The zero-order valence-corrected chi connectivity index (χ0v) is 13.1. The van der Waals surface area contributed by atoms with Crippen molar-refractivity contribution in [1.82, 2.24) is 10.2 Å². The molecule has 0 aliphatic rings. The van der Waals surface area contributed by atoms with Crippen LogP contribution in [0.25, 0.3) is 0 Å². The van der Waals surface area contributed by atoms with Gasteiger partial charge in [-0.2, -0.15) is 0 Å². The molecular weight excluding hydrogens is 272 g/mol. The number of nitrogens with one attached hydrogen (secondary N) is 1. The van der Waals surface area contributed by atoms with Crippen molar-refractivity contribution in [3.8, 4) is 11.8 Å². The van der Waals surface area contributed by atoms with E-state index in [9.17, 15) is 4.79 Å². The van der Waals surface area contributed by atoms with E-state index in [0.717, 1.165) is 17.8 Å². The number of nitrogens with zero attached hydrogens (tertiary/aromatic N) is 1. The fourth-order valence-electron chi connectivity index (χ4n) is 1.54. The minimum absolute atomic E-state index is 0.0644. The summed E-state index contributed by atoms with van der Waals surface area (Å²) in [6, 6.07) is 2.28. The van der Waals surface area contributed by atoms with Crippen molar-refractivity contribution in [2.24, 2.45) is 0 Å². The number of hydrogen-bond acceptors (Lipinski definition) is 4. The van der Waals surface area contributed by atoms with Gasteiger partial charge in [0.2, 0.25) is 0 Å². The lowest BCUT2D eigenvalue weighted by Crippen LogP contribution is -2.31. The molecule has 0 unspecified atom stereocenters. The summed E-state index contributed by atoms with van der Waals surface area (Å²) in [5, 5.41) is 13.3. The van der Waals surface area contributed by atoms with Gasteiger partial charge in [-0.1, -0.05) is 11.8 Å². The zero-order valence-electron chi connectivity index (χ0n) is 12.3. The van der Waals surface area contributed by atoms with Crippen LogP contribution in [0.5, 0.6) is 0 Å². The molecule has 0 saturated heterocycles.